The Morgan fingerprint density at radius 2 is 1.67 bits per heavy atom. The van der Waals surface area contributed by atoms with E-state index in [1.807, 2.05) is 0 Å². The van der Waals surface area contributed by atoms with Crippen molar-refractivity contribution in [1.29, 1.82) is 0 Å². The summed E-state index contributed by atoms with van der Waals surface area (Å²) in [5.41, 5.74) is 0. The quantitative estimate of drug-likeness (QED) is 0.567. The molecule has 1 fully saturated rings. The van der Waals surface area contributed by atoms with Gasteiger partial charge in [-0.2, -0.15) is 0 Å². The van der Waals surface area contributed by atoms with Crippen LogP contribution in [0.4, 0.5) is 0 Å². The molecule has 0 atom stereocenters. The first-order valence-electron chi connectivity index (χ1n) is 2.64. The summed E-state index contributed by atoms with van der Waals surface area (Å²) in [5, 5.41) is 3.05. The van der Waals surface area contributed by atoms with Gasteiger partial charge in [0.25, 0.3) is 0 Å². The maximum atomic E-state index is 5.04. The van der Waals surface area contributed by atoms with Crippen LogP contribution in [0.1, 0.15) is 0 Å². The van der Waals surface area contributed by atoms with Gasteiger partial charge < -0.3 is 14.8 Å². The Hall–Kier alpha value is 0.170. The lowest BCUT2D eigenvalue weighted by Gasteiger charge is -2.39. The predicted octanol–water partition coefficient (Wildman–Crippen LogP) is 0.000500. The number of hydrogen-bond donors (Lipinski definition) is 1. The number of methoxy groups -OCH3 is 2. The Kier molecular flexibility index (Phi) is 3.43. The minimum Gasteiger partial charge on any atom is -0.351 e. The van der Waals surface area contributed by atoms with Crippen LogP contribution in [0.3, 0.4) is 0 Å². The molecule has 9 heavy (non-hydrogen) atoms. The molecule has 0 aliphatic carbocycles. The zero-order chi connectivity index (χ0) is 6.04. The van der Waals surface area contributed by atoms with E-state index in [1.165, 1.54) is 0 Å². The largest absolute Gasteiger partial charge is 0.351 e. The molecule has 1 N–H and O–H groups in total. The van der Waals surface area contributed by atoms with E-state index in [9.17, 15) is 0 Å². The van der Waals surface area contributed by atoms with Gasteiger partial charge in [0, 0.05) is 14.2 Å². The van der Waals surface area contributed by atoms with Gasteiger partial charge in [-0.25, -0.2) is 0 Å². The summed E-state index contributed by atoms with van der Waals surface area (Å²) in [5.74, 6) is -0.306. The van der Waals surface area contributed by atoms with Crippen molar-refractivity contribution >= 4 is 12.4 Å². The van der Waals surface area contributed by atoms with Crippen LogP contribution in [0.25, 0.3) is 0 Å². The summed E-state index contributed by atoms with van der Waals surface area (Å²) >= 11 is 0. The van der Waals surface area contributed by atoms with Crippen molar-refractivity contribution in [1.82, 2.24) is 5.32 Å². The van der Waals surface area contributed by atoms with Gasteiger partial charge in [-0.1, -0.05) is 0 Å². The molecule has 1 rings (SSSR count). The molecule has 0 aromatic carbocycles. The number of hydrogen-bond acceptors (Lipinski definition) is 3. The minimum absolute atomic E-state index is 0. The van der Waals surface area contributed by atoms with Crippen LogP contribution in [0, 0.1) is 0 Å². The summed E-state index contributed by atoms with van der Waals surface area (Å²) < 4.78 is 10.1. The highest BCUT2D eigenvalue weighted by Gasteiger charge is 2.36. The molecule has 0 spiro atoms. The molecule has 1 saturated heterocycles. The van der Waals surface area contributed by atoms with Crippen molar-refractivity contribution in [2.45, 2.75) is 5.79 Å². The molecule has 56 valence electrons. The lowest BCUT2D eigenvalue weighted by molar-refractivity contribution is -0.231. The lowest BCUT2D eigenvalue weighted by Crippen LogP contribution is -2.61. The van der Waals surface area contributed by atoms with E-state index >= 15 is 0 Å². The number of rotatable bonds is 2. The number of ether oxygens (including phenoxy) is 2. The van der Waals surface area contributed by atoms with Crippen LogP contribution in [-0.2, 0) is 9.47 Å². The Labute approximate surface area is 61.1 Å². The van der Waals surface area contributed by atoms with Crippen molar-refractivity contribution in [2.24, 2.45) is 0 Å². The van der Waals surface area contributed by atoms with Gasteiger partial charge >= 0.3 is 0 Å². The highest BCUT2D eigenvalue weighted by atomic mass is 35.5. The van der Waals surface area contributed by atoms with E-state index in [0.717, 1.165) is 13.1 Å². The van der Waals surface area contributed by atoms with E-state index in [1.54, 1.807) is 14.2 Å². The Balaban J connectivity index is 0.000000640. The fourth-order valence-electron chi connectivity index (χ4n) is 0.701. The molecule has 1 heterocycles. The van der Waals surface area contributed by atoms with Gasteiger partial charge in [0.15, 0.2) is 5.79 Å². The second-order valence-electron chi connectivity index (χ2n) is 1.92. The summed E-state index contributed by atoms with van der Waals surface area (Å²) in [6, 6.07) is 0. The molecule has 1 aliphatic rings. The second kappa shape index (κ2) is 3.37. The molecule has 0 saturated carbocycles. The number of halogens is 1. The van der Waals surface area contributed by atoms with E-state index in [4.69, 9.17) is 9.47 Å². The third-order valence-corrected chi connectivity index (χ3v) is 1.53. The molecular weight excluding hydrogens is 142 g/mol. The molecule has 0 aromatic rings. The van der Waals surface area contributed by atoms with Gasteiger partial charge in [0.05, 0.1) is 13.1 Å². The molecular formula is C5H12ClNO2. The summed E-state index contributed by atoms with van der Waals surface area (Å²) in [7, 11) is 3.31. The minimum atomic E-state index is -0.306. The number of nitrogens with one attached hydrogen (secondary N) is 1. The van der Waals surface area contributed by atoms with Crippen molar-refractivity contribution in [3.63, 3.8) is 0 Å². The van der Waals surface area contributed by atoms with Gasteiger partial charge in [0.2, 0.25) is 0 Å². The molecule has 3 nitrogen and oxygen atoms in total. The molecule has 0 radical (unpaired) electrons. The molecule has 0 aromatic heterocycles. The van der Waals surface area contributed by atoms with Crippen LogP contribution in [0.5, 0.6) is 0 Å². The topological polar surface area (TPSA) is 30.5 Å². The lowest BCUT2D eigenvalue weighted by atomic mass is 10.1. The zero-order valence-electron chi connectivity index (χ0n) is 5.64. The molecule has 4 heteroatoms. The van der Waals surface area contributed by atoms with Crippen molar-refractivity contribution < 1.29 is 9.47 Å². The smallest absolute Gasteiger partial charge is 0.192 e. The average molecular weight is 154 g/mol. The van der Waals surface area contributed by atoms with Crippen LogP contribution >= 0.6 is 12.4 Å². The third-order valence-electron chi connectivity index (χ3n) is 1.53. The fraction of sp³-hybridized carbons (Fsp3) is 1.00. The first-order valence-corrected chi connectivity index (χ1v) is 2.64. The van der Waals surface area contributed by atoms with Crippen molar-refractivity contribution in [3.8, 4) is 0 Å². The monoisotopic (exact) mass is 153 g/mol. The third kappa shape index (κ3) is 1.55. The summed E-state index contributed by atoms with van der Waals surface area (Å²) in [4.78, 5) is 0. The first kappa shape index (κ1) is 9.17. The van der Waals surface area contributed by atoms with Crippen LogP contribution in [0.2, 0.25) is 0 Å². The standard InChI is InChI=1S/C5H11NO2.ClH/c1-7-5(8-2)3-6-4-5;/h6H,3-4H2,1-2H3;1H. The predicted molar refractivity (Wildman–Crippen MR) is 36.9 cm³/mol. The Bertz CT molecular complexity index is 71.5. The van der Waals surface area contributed by atoms with Crippen molar-refractivity contribution in [3.05, 3.63) is 0 Å². The van der Waals surface area contributed by atoms with E-state index in [0.29, 0.717) is 0 Å². The van der Waals surface area contributed by atoms with Gasteiger partial charge in [-0.05, 0) is 0 Å². The average Bonchev–Trinajstić information content (AvgIpc) is 1.67. The normalized spacial score (nSPS) is 22.0. The van der Waals surface area contributed by atoms with E-state index in [-0.39, 0.29) is 18.2 Å². The van der Waals surface area contributed by atoms with Gasteiger partial charge in [-0.15, -0.1) is 12.4 Å². The van der Waals surface area contributed by atoms with Gasteiger partial charge in [-0.3, -0.25) is 0 Å². The molecule has 0 amide bonds. The maximum Gasteiger partial charge on any atom is 0.192 e. The fourth-order valence-corrected chi connectivity index (χ4v) is 0.701. The first-order chi connectivity index (χ1) is 3.83. The Morgan fingerprint density at radius 1 is 1.22 bits per heavy atom. The maximum absolute atomic E-state index is 5.04. The van der Waals surface area contributed by atoms with E-state index < -0.39 is 0 Å². The van der Waals surface area contributed by atoms with Crippen LogP contribution in [0.15, 0.2) is 0 Å². The summed E-state index contributed by atoms with van der Waals surface area (Å²) in [6.45, 7) is 1.61. The molecule has 0 unspecified atom stereocenters. The van der Waals surface area contributed by atoms with E-state index in [2.05, 4.69) is 5.32 Å². The van der Waals surface area contributed by atoms with Crippen molar-refractivity contribution in [2.75, 3.05) is 27.3 Å². The molecule has 0 bridgehead atoms. The zero-order valence-corrected chi connectivity index (χ0v) is 6.46. The highest BCUT2D eigenvalue weighted by molar-refractivity contribution is 5.85. The van der Waals surface area contributed by atoms with Gasteiger partial charge in [0.1, 0.15) is 0 Å². The SMILES string of the molecule is COC1(OC)CNC1.Cl. The second-order valence-corrected chi connectivity index (χ2v) is 1.92. The van der Waals surface area contributed by atoms with Crippen LogP contribution < -0.4 is 5.32 Å². The Morgan fingerprint density at radius 3 is 1.67 bits per heavy atom. The highest BCUT2D eigenvalue weighted by Crippen LogP contribution is 2.14. The van der Waals surface area contributed by atoms with Crippen LogP contribution in [-0.4, -0.2) is 33.1 Å². The summed E-state index contributed by atoms with van der Waals surface area (Å²) in [6.07, 6.45) is 0. The molecule has 1 aliphatic heterocycles.